The maximum Gasteiger partial charge on any atom is 0.242 e. The molecule has 10 heteroatoms. The summed E-state index contributed by atoms with van der Waals surface area (Å²) in [5.74, 6) is 1.05. The monoisotopic (exact) mass is 428 g/mol. The van der Waals surface area contributed by atoms with E-state index in [1.807, 2.05) is 0 Å². The van der Waals surface area contributed by atoms with Crippen molar-refractivity contribution in [1.82, 2.24) is 9.03 Å². The Balaban J connectivity index is 1.92. The van der Waals surface area contributed by atoms with Gasteiger partial charge in [-0.3, -0.25) is 0 Å². The van der Waals surface area contributed by atoms with E-state index in [1.165, 1.54) is 57.6 Å². The summed E-state index contributed by atoms with van der Waals surface area (Å²) >= 11 is 0. The molecule has 0 aliphatic heterocycles. The van der Waals surface area contributed by atoms with Gasteiger partial charge in [0.2, 0.25) is 20.0 Å². The third kappa shape index (κ3) is 5.22. The molecule has 0 heterocycles. The number of aryl methyl sites for hydroxylation is 1. The number of nitrogens with one attached hydrogen (secondary N) is 1. The third-order valence-corrected chi connectivity index (χ3v) is 7.23. The van der Waals surface area contributed by atoms with E-state index in [2.05, 4.69) is 4.72 Å². The molecule has 0 bridgehead atoms. The molecule has 0 aliphatic carbocycles. The standard InChI is InChI=1S/C18H24N2O6S2/c1-14-13-17(9-10-18(14)25-4)27(21,22)19-11-12-26-15-5-7-16(8-6-15)28(23,24)20(2)3/h5-10,13,19H,11-12H2,1-4H3. The van der Waals surface area contributed by atoms with Crippen molar-refractivity contribution in [3.63, 3.8) is 0 Å². The quantitative estimate of drug-likeness (QED) is 0.609. The van der Waals surface area contributed by atoms with Gasteiger partial charge in [0.25, 0.3) is 0 Å². The molecule has 0 spiro atoms. The molecule has 2 aromatic rings. The van der Waals surface area contributed by atoms with Crippen molar-refractivity contribution in [2.24, 2.45) is 0 Å². The molecule has 8 nitrogen and oxygen atoms in total. The van der Waals surface area contributed by atoms with Crippen LogP contribution in [0.5, 0.6) is 11.5 Å². The number of hydrogen-bond acceptors (Lipinski definition) is 6. The number of rotatable bonds is 9. The lowest BCUT2D eigenvalue weighted by Crippen LogP contribution is -2.28. The van der Waals surface area contributed by atoms with Crippen LogP contribution in [0.4, 0.5) is 0 Å². The van der Waals surface area contributed by atoms with Gasteiger partial charge in [0, 0.05) is 20.6 Å². The Morgan fingerprint density at radius 3 is 2.11 bits per heavy atom. The van der Waals surface area contributed by atoms with Crippen molar-refractivity contribution in [2.45, 2.75) is 16.7 Å². The third-order valence-electron chi connectivity index (χ3n) is 3.94. The smallest absolute Gasteiger partial charge is 0.242 e. The summed E-state index contributed by atoms with van der Waals surface area (Å²) in [6, 6.07) is 10.5. The summed E-state index contributed by atoms with van der Waals surface area (Å²) in [7, 11) is -2.74. The van der Waals surface area contributed by atoms with Gasteiger partial charge in [-0.25, -0.2) is 25.9 Å². The van der Waals surface area contributed by atoms with Crippen LogP contribution < -0.4 is 14.2 Å². The molecule has 1 N–H and O–H groups in total. The normalized spacial score (nSPS) is 12.2. The van der Waals surface area contributed by atoms with E-state index in [-0.39, 0.29) is 22.9 Å². The average Bonchev–Trinajstić information content (AvgIpc) is 2.65. The van der Waals surface area contributed by atoms with Crippen LogP contribution in [0.2, 0.25) is 0 Å². The van der Waals surface area contributed by atoms with Gasteiger partial charge in [0.15, 0.2) is 0 Å². The summed E-state index contributed by atoms with van der Waals surface area (Å²) in [6.07, 6.45) is 0. The second kappa shape index (κ2) is 8.91. The topological polar surface area (TPSA) is 102 Å². The van der Waals surface area contributed by atoms with Gasteiger partial charge in [-0.05, 0) is 55.0 Å². The first-order chi connectivity index (χ1) is 13.1. The van der Waals surface area contributed by atoms with Gasteiger partial charge < -0.3 is 9.47 Å². The number of nitrogens with zero attached hydrogens (tertiary/aromatic N) is 1. The predicted octanol–water partition coefficient (Wildman–Crippen LogP) is 1.61. The van der Waals surface area contributed by atoms with E-state index in [0.717, 1.165) is 9.87 Å². The van der Waals surface area contributed by atoms with Crippen LogP contribution in [-0.2, 0) is 20.0 Å². The minimum absolute atomic E-state index is 0.0607. The van der Waals surface area contributed by atoms with Gasteiger partial charge >= 0.3 is 0 Å². The molecule has 2 aromatic carbocycles. The fourth-order valence-electron chi connectivity index (χ4n) is 2.36. The maximum absolute atomic E-state index is 12.3. The summed E-state index contributed by atoms with van der Waals surface area (Å²) < 4.78 is 62.9. The van der Waals surface area contributed by atoms with Crippen molar-refractivity contribution >= 4 is 20.0 Å². The predicted molar refractivity (Wildman–Crippen MR) is 106 cm³/mol. The molecule has 0 aliphatic rings. The second-order valence-electron chi connectivity index (χ2n) is 6.14. The first kappa shape index (κ1) is 22.2. The van der Waals surface area contributed by atoms with Crippen LogP contribution in [0.15, 0.2) is 52.3 Å². The van der Waals surface area contributed by atoms with Gasteiger partial charge in [0.1, 0.15) is 18.1 Å². The van der Waals surface area contributed by atoms with Crippen LogP contribution >= 0.6 is 0 Å². The van der Waals surface area contributed by atoms with E-state index in [0.29, 0.717) is 11.5 Å². The Kier molecular flexibility index (Phi) is 7.05. The van der Waals surface area contributed by atoms with E-state index < -0.39 is 20.0 Å². The van der Waals surface area contributed by atoms with Crippen LogP contribution in [-0.4, -0.2) is 55.5 Å². The highest BCUT2D eigenvalue weighted by atomic mass is 32.2. The van der Waals surface area contributed by atoms with E-state index in [4.69, 9.17) is 9.47 Å². The molecule has 0 unspecified atom stereocenters. The SMILES string of the molecule is COc1ccc(S(=O)(=O)NCCOc2ccc(S(=O)(=O)N(C)C)cc2)cc1C. The largest absolute Gasteiger partial charge is 0.496 e. The number of hydrogen-bond donors (Lipinski definition) is 1. The zero-order valence-corrected chi connectivity index (χ0v) is 17.8. The molecule has 0 radical (unpaired) electrons. The molecule has 154 valence electrons. The Hall–Kier alpha value is -2.14. The highest BCUT2D eigenvalue weighted by Crippen LogP contribution is 2.21. The van der Waals surface area contributed by atoms with Crippen LogP contribution in [0.25, 0.3) is 0 Å². The molecule has 0 saturated carbocycles. The molecular weight excluding hydrogens is 404 g/mol. The summed E-state index contributed by atoms with van der Waals surface area (Å²) in [4.78, 5) is 0.296. The fraction of sp³-hybridized carbons (Fsp3) is 0.333. The zero-order valence-electron chi connectivity index (χ0n) is 16.2. The zero-order chi connectivity index (χ0) is 20.9. The van der Waals surface area contributed by atoms with E-state index in [1.54, 1.807) is 13.0 Å². The van der Waals surface area contributed by atoms with Crippen LogP contribution in [0.3, 0.4) is 0 Å². The Morgan fingerprint density at radius 1 is 0.964 bits per heavy atom. The Labute approximate surface area is 166 Å². The second-order valence-corrected chi connectivity index (χ2v) is 10.1. The Bertz CT molecular complexity index is 1020. The summed E-state index contributed by atoms with van der Waals surface area (Å²) in [6.45, 7) is 1.92. The van der Waals surface area contributed by atoms with Gasteiger partial charge in [-0.2, -0.15) is 0 Å². The van der Waals surface area contributed by atoms with Gasteiger partial charge in [0.05, 0.1) is 16.9 Å². The lowest BCUT2D eigenvalue weighted by molar-refractivity contribution is 0.322. The minimum atomic E-state index is -3.67. The molecule has 0 fully saturated rings. The van der Waals surface area contributed by atoms with Crippen molar-refractivity contribution in [2.75, 3.05) is 34.4 Å². The van der Waals surface area contributed by atoms with Crippen LogP contribution in [0.1, 0.15) is 5.56 Å². The lowest BCUT2D eigenvalue weighted by Gasteiger charge is -2.12. The first-order valence-corrected chi connectivity index (χ1v) is 11.3. The van der Waals surface area contributed by atoms with Crippen molar-refractivity contribution in [1.29, 1.82) is 0 Å². The number of methoxy groups -OCH3 is 1. The van der Waals surface area contributed by atoms with Crippen LogP contribution in [0, 0.1) is 6.92 Å². The highest BCUT2D eigenvalue weighted by molar-refractivity contribution is 7.89. The van der Waals surface area contributed by atoms with E-state index in [9.17, 15) is 16.8 Å². The van der Waals surface area contributed by atoms with Crippen molar-refractivity contribution < 1.29 is 26.3 Å². The molecule has 2 rings (SSSR count). The minimum Gasteiger partial charge on any atom is -0.496 e. The average molecular weight is 429 g/mol. The first-order valence-electron chi connectivity index (χ1n) is 8.37. The fourth-order valence-corrected chi connectivity index (χ4v) is 4.36. The van der Waals surface area contributed by atoms with Crippen molar-refractivity contribution in [3.05, 3.63) is 48.0 Å². The molecular formula is C18H24N2O6S2. The van der Waals surface area contributed by atoms with Gasteiger partial charge in [-0.15, -0.1) is 0 Å². The molecule has 0 atom stereocenters. The summed E-state index contributed by atoms with van der Waals surface area (Å²) in [5.41, 5.74) is 0.717. The Morgan fingerprint density at radius 2 is 1.57 bits per heavy atom. The molecule has 0 aromatic heterocycles. The molecule has 0 amide bonds. The lowest BCUT2D eigenvalue weighted by atomic mass is 10.2. The molecule has 0 saturated heterocycles. The summed E-state index contributed by atoms with van der Waals surface area (Å²) in [5, 5.41) is 0. The maximum atomic E-state index is 12.3. The number of sulfonamides is 2. The number of ether oxygens (including phenoxy) is 2. The van der Waals surface area contributed by atoms with Gasteiger partial charge in [-0.1, -0.05) is 0 Å². The molecule has 28 heavy (non-hydrogen) atoms. The van der Waals surface area contributed by atoms with E-state index >= 15 is 0 Å². The van der Waals surface area contributed by atoms with Crippen molar-refractivity contribution in [3.8, 4) is 11.5 Å². The highest BCUT2D eigenvalue weighted by Gasteiger charge is 2.17. The number of benzene rings is 2.